The summed E-state index contributed by atoms with van der Waals surface area (Å²) in [6.45, 7) is 1.62. The molecule has 0 fully saturated rings. The molecule has 2 heterocycles. The van der Waals surface area contributed by atoms with Crippen molar-refractivity contribution in [2.45, 2.75) is 13.5 Å². The maximum absolute atomic E-state index is 11.8. The van der Waals surface area contributed by atoms with Gasteiger partial charge >= 0.3 is 10.8 Å². The Morgan fingerprint density at radius 3 is 2.74 bits per heavy atom. The van der Waals surface area contributed by atoms with Crippen LogP contribution in [0, 0.1) is 6.92 Å². The van der Waals surface area contributed by atoms with E-state index in [1.807, 2.05) is 0 Å². The van der Waals surface area contributed by atoms with Crippen molar-refractivity contribution in [2.75, 3.05) is 5.32 Å². The predicted octanol–water partition coefficient (Wildman–Crippen LogP) is 1.62. The van der Waals surface area contributed by atoms with Crippen molar-refractivity contribution in [1.82, 2.24) is 4.57 Å². The number of hydrogen-bond acceptors (Lipinski definition) is 5. The number of aryl methyl sites for hydroxylation is 1. The van der Waals surface area contributed by atoms with Gasteiger partial charge in [-0.1, -0.05) is 11.3 Å². The number of aromatic carboxylic acids is 1. The quantitative estimate of drug-likeness (QED) is 0.897. The van der Waals surface area contributed by atoms with E-state index < -0.39 is 11.9 Å². The van der Waals surface area contributed by atoms with Crippen LogP contribution >= 0.6 is 22.7 Å². The van der Waals surface area contributed by atoms with Gasteiger partial charge in [0.05, 0.1) is 5.56 Å². The number of aromatic nitrogens is 1. The largest absolute Gasteiger partial charge is 0.478 e. The average Bonchev–Trinajstić information content (AvgIpc) is 2.91. The fourth-order valence-corrected chi connectivity index (χ4v) is 3.01. The zero-order valence-corrected chi connectivity index (χ0v) is 11.5. The molecule has 6 nitrogen and oxygen atoms in total. The molecule has 0 radical (unpaired) electrons. The summed E-state index contributed by atoms with van der Waals surface area (Å²) < 4.78 is 1.34. The molecule has 0 saturated carbocycles. The van der Waals surface area contributed by atoms with Crippen LogP contribution in [0.2, 0.25) is 0 Å². The fraction of sp³-hybridized carbons (Fsp3) is 0.182. The summed E-state index contributed by atoms with van der Waals surface area (Å²) >= 11 is 2.15. The molecule has 0 spiro atoms. The van der Waals surface area contributed by atoms with Crippen LogP contribution in [0.25, 0.3) is 0 Å². The van der Waals surface area contributed by atoms with E-state index in [0.717, 1.165) is 22.7 Å². The number of carbonyl (C=O) groups is 2. The van der Waals surface area contributed by atoms with E-state index in [4.69, 9.17) is 5.11 Å². The van der Waals surface area contributed by atoms with Gasteiger partial charge in [-0.3, -0.25) is 14.2 Å². The summed E-state index contributed by atoms with van der Waals surface area (Å²) in [4.78, 5) is 33.9. The first-order valence-electron chi connectivity index (χ1n) is 5.24. The average molecular weight is 298 g/mol. The van der Waals surface area contributed by atoms with E-state index in [1.54, 1.807) is 17.7 Å². The standard InChI is InChI=1S/C11H10N2O4S2/c1-6-5-19-11(17)13(6)4-8(14)12-9-7(10(15)16)2-3-18-9/h2-3,5H,4H2,1H3,(H,12,14)(H,15,16). The minimum Gasteiger partial charge on any atom is -0.478 e. The number of thiazole rings is 1. The maximum Gasteiger partial charge on any atom is 0.338 e. The molecule has 0 aliphatic carbocycles. The minimum absolute atomic E-state index is 0.0488. The first-order valence-corrected chi connectivity index (χ1v) is 7.00. The van der Waals surface area contributed by atoms with E-state index in [-0.39, 0.29) is 22.0 Å². The number of amides is 1. The highest BCUT2D eigenvalue weighted by atomic mass is 32.1. The highest BCUT2D eigenvalue weighted by Crippen LogP contribution is 2.23. The second-order valence-electron chi connectivity index (χ2n) is 3.75. The van der Waals surface area contributed by atoms with Crippen molar-refractivity contribution >= 4 is 39.6 Å². The van der Waals surface area contributed by atoms with E-state index in [0.29, 0.717) is 5.69 Å². The van der Waals surface area contributed by atoms with Crippen molar-refractivity contribution in [3.05, 3.63) is 37.8 Å². The van der Waals surface area contributed by atoms with Crippen LogP contribution < -0.4 is 10.2 Å². The molecule has 1 amide bonds. The molecule has 0 aliphatic heterocycles. The van der Waals surface area contributed by atoms with Crippen LogP contribution in [0.4, 0.5) is 5.00 Å². The summed E-state index contributed by atoms with van der Waals surface area (Å²) in [5.41, 5.74) is 0.752. The number of anilines is 1. The Hall–Kier alpha value is -1.93. The summed E-state index contributed by atoms with van der Waals surface area (Å²) in [7, 11) is 0. The van der Waals surface area contributed by atoms with E-state index in [1.165, 1.54) is 10.6 Å². The second kappa shape index (κ2) is 5.37. The van der Waals surface area contributed by atoms with E-state index in [9.17, 15) is 14.4 Å². The van der Waals surface area contributed by atoms with Gasteiger partial charge < -0.3 is 10.4 Å². The predicted molar refractivity (Wildman–Crippen MR) is 73.2 cm³/mol. The van der Waals surface area contributed by atoms with E-state index in [2.05, 4.69) is 5.32 Å². The van der Waals surface area contributed by atoms with Gasteiger partial charge in [0.15, 0.2) is 0 Å². The fourth-order valence-electron chi connectivity index (χ4n) is 1.48. The Balaban J connectivity index is 2.12. The smallest absolute Gasteiger partial charge is 0.338 e. The molecule has 100 valence electrons. The number of rotatable bonds is 4. The van der Waals surface area contributed by atoms with Gasteiger partial charge in [-0.15, -0.1) is 11.3 Å². The van der Waals surface area contributed by atoms with Gasteiger partial charge in [-0.25, -0.2) is 4.79 Å². The zero-order chi connectivity index (χ0) is 14.0. The first-order chi connectivity index (χ1) is 8.99. The van der Waals surface area contributed by atoms with Crippen molar-refractivity contribution in [3.8, 4) is 0 Å². The molecular formula is C11H10N2O4S2. The molecule has 8 heteroatoms. The third-order valence-corrected chi connectivity index (χ3v) is 4.14. The molecule has 0 atom stereocenters. The lowest BCUT2D eigenvalue weighted by Crippen LogP contribution is -2.25. The molecule has 19 heavy (non-hydrogen) atoms. The van der Waals surface area contributed by atoms with Crippen molar-refractivity contribution < 1.29 is 14.7 Å². The second-order valence-corrected chi connectivity index (χ2v) is 5.48. The molecule has 0 aromatic carbocycles. The third-order valence-electron chi connectivity index (χ3n) is 2.43. The summed E-state index contributed by atoms with van der Waals surface area (Å²) in [5.74, 6) is -1.52. The SMILES string of the molecule is Cc1csc(=O)n1CC(=O)Nc1sccc1C(=O)O. The number of nitrogens with zero attached hydrogens (tertiary/aromatic N) is 1. The van der Waals surface area contributed by atoms with Gasteiger partial charge in [0.1, 0.15) is 11.5 Å². The van der Waals surface area contributed by atoms with Gasteiger partial charge in [0.2, 0.25) is 5.91 Å². The van der Waals surface area contributed by atoms with E-state index >= 15 is 0 Å². The maximum atomic E-state index is 11.8. The molecule has 2 aromatic rings. The normalized spacial score (nSPS) is 10.4. The lowest BCUT2D eigenvalue weighted by atomic mass is 10.3. The molecule has 2 aromatic heterocycles. The Bertz CT molecular complexity index is 683. The van der Waals surface area contributed by atoms with Crippen LogP contribution in [0.5, 0.6) is 0 Å². The van der Waals surface area contributed by atoms with Crippen molar-refractivity contribution in [3.63, 3.8) is 0 Å². The molecular weight excluding hydrogens is 288 g/mol. The highest BCUT2D eigenvalue weighted by Gasteiger charge is 2.15. The van der Waals surface area contributed by atoms with Crippen LogP contribution in [-0.2, 0) is 11.3 Å². The van der Waals surface area contributed by atoms with Gasteiger partial charge in [0.25, 0.3) is 0 Å². The molecule has 0 bridgehead atoms. The van der Waals surface area contributed by atoms with Gasteiger partial charge in [-0.05, 0) is 18.4 Å². The monoisotopic (exact) mass is 298 g/mol. The molecule has 2 N–H and O–H groups in total. The lowest BCUT2D eigenvalue weighted by molar-refractivity contribution is -0.116. The summed E-state index contributed by atoms with van der Waals surface area (Å²) in [6.07, 6.45) is 0. The Morgan fingerprint density at radius 1 is 1.42 bits per heavy atom. The number of thiophene rings is 1. The Morgan fingerprint density at radius 2 is 2.16 bits per heavy atom. The number of carboxylic acids is 1. The number of nitrogens with one attached hydrogen (secondary N) is 1. The number of carboxylic acid groups (broad SMARTS) is 1. The Labute approximate surface area is 115 Å². The molecule has 0 unspecified atom stereocenters. The molecule has 0 aliphatic rings. The molecule has 0 saturated heterocycles. The van der Waals surface area contributed by atoms with Crippen LogP contribution in [0.15, 0.2) is 21.6 Å². The Kier molecular flexibility index (Phi) is 3.82. The third kappa shape index (κ3) is 2.91. The van der Waals surface area contributed by atoms with Crippen molar-refractivity contribution in [2.24, 2.45) is 0 Å². The number of hydrogen-bond donors (Lipinski definition) is 2. The van der Waals surface area contributed by atoms with Gasteiger partial charge in [0, 0.05) is 11.1 Å². The lowest BCUT2D eigenvalue weighted by Gasteiger charge is -2.05. The molecule has 2 rings (SSSR count). The van der Waals surface area contributed by atoms with Crippen LogP contribution in [-0.4, -0.2) is 21.6 Å². The topological polar surface area (TPSA) is 88.4 Å². The van der Waals surface area contributed by atoms with Crippen LogP contribution in [0.3, 0.4) is 0 Å². The first kappa shape index (κ1) is 13.5. The summed E-state index contributed by atoms with van der Waals surface area (Å²) in [5, 5.41) is 15.0. The van der Waals surface area contributed by atoms with Crippen molar-refractivity contribution in [1.29, 1.82) is 0 Å². The summed E-state index contributed by atoms with van der Waals surface area (Å²) in [6, 6.07) is 1.42. The minimum atomic E-state index is -1.10. The number of carbonyl (C=O) groups excluding carboxylic acids is 1. The zero-order valence-electron chi connectivity index (χ0n) is 9.87. The highest BCUT2D eigenvalue weighted by molar-refractivity contribution is 7.14. The van der Waals surface area contributed by atoms with Crippen LogP contribution in [0.1, 0.15) is 16.1 Å². The van der Waals surface area contributed by atoms with Gasteiger partial charge in [-0.2, -0.15) is 0 Å².